The number of nitrogens with one attached hydrogen (secondary N) is 1. The number of rotatable bonds is 2. The number of aryl methyl sites for hydroxylation is 2. The van der Waals surface area contributed by atoms with E-state index in [2.05, 4.69) is 27.2 Å². The summed E-state index contributed by atoms with van der Waals surface area (Å²) in [4.78, 5) is 16.6. The molecule has 136 valence electrons. The minimum Gasteiger partial charge on any atom is -0.322 e. The topological polar surface area (TPSA) is 59.8 Å². The number of anilines is 1. The third-order valence-corrected chi connectivity index (χ3v) is 4.54. The van der Waals surface area contributed by atoms with E-state index in [1.54, 1.807) is 35.4 Å². The van der Waals surface area contributed by atoms with Crippen LogP contribution < -0.4 is 5.32 Å². The zero-order valence-corrected chi connectivity index (χ0v) is 15.6. The Morgan fingerprint density at radius 3 is 2.61 bits per heavy atom. The van der Waals surface area contributed by atoms with Gasteiger partial charge in [-0.2, -0.15) is 5.10 Å². The average Bonchev–Trinajstić information content (AvgIpc) is 3.10. The third kappa shape index (κ3) is 3.49. The number of benzene rings is 2. The summed E-state index contributed by atoms with van der Waals surface area (Å²) >= 11 is 0. The van der Waals surface area contributed by atoms with Gasteiger partial charge in [0.15, 0.2) is 0 Å². The van der Waals surface area contributed by atoms with Gasteiger partial charge in [-0.15, -0.1) is 0 Å². The van der Waals surface area contributed by atoms with Crippen LogP contribution in [-0.4, -0.2) is 20.7 Å². The second-order valence-corrected chi connectivity index (χ2v) is 6.49. The van der Waals surface area contributed by atoms with Crippen molar-refractivity contribution in [2.45, 2.75) is 6.92 Å². The third-order valence-electron chi connectivity index (χ3n) is 4.54. The fourth-order valence-electron chi connectivity index (χ4n) is 2.92. The molecule has 0 saturated carbocycles. The van der Waals surface area contributed by atoms with Gasteiger partial charge in [-0.25, -0.2) is 0 Å². The fourth-order valence-corrected chi connectivity index (χ4v) is 2.92. The van der Waals surface area contributed by atoms with Gasteiger partial charge in [-0.3, -0.25) is 14.5 Å². The summed E-state index contributed by atoms with van der Waals surface area (Å²) in [5.74, 6) is 6.25. The first kappa shape index (κ1) is 17.5. The first-order valence-electron chi connectivity index (χ1n) is 8.86. The molecule has 4 rings (SSSR count). The molecule has 5 heteroatoms. The lowest BCUT2D eigenvalue weighted by atomic mass is 10.1. The van der Waals surface area contributed by atoms with E-state index in [0.29, 0.717) is 11.3 Å². The molecule has 0 saturated heterocycles. The molecule has 2 aromatic heterocycles. The van der Waals surface area contributed by atoms with Gasteiger partial charge in [0.2, 0.25) is 0 Å². The first-order valence-corrected chi connectivity index (χ1v) is 8.86. The Hall–Kier alpha value is -3.91. The highest BCUT2D eigenvalue weighted by atomic mass is 16.1. The maximum Gasteiger partial charge on any atom is 0.255 e. The molecular formula is C23H18N4O. The molecule has 0 unspecified atom stereocenters. The predicted octanol–water partition coefficient (Wildman–Crippen LogP) is 3.93. The van der Waals surface area contributed by atoms with Gasteiger partial charge in [0, 0.05) is 35.4 Å². The van der Waals surface area contributed by atoms with Crippen molar-refractivity contribution in [3.05, 3.63) is 89.4 Å². The van der Waals surface area contributed by atoms with E-state index in [0.717, 1.165) is 27.6 Å². The van der Waals surface area contributed by atoms with E-state index in [1.807, 2.05) is 50.4 Å². The van der Waals surface area contributed by atoms with Crippen LogP contribution in [0.3, 0.4) is 0 Å². The second-order valence-electron chi connectivity index (χ2n) is 6.49. The van der Waals surface area contributed by atoms with Crippen molar-refractivity contribution < 1.29 is 4.79 Å². The van der Waals surface area contributed by atoms with Gasteiger partial charge in [0.05, 0.1) is 23.5 Å². The van der Waals surface area contributed by atoms with Crippen LogP contribution in [0.4, 0.5) is 5.69 Å². The zero-order chi connectivity index (χ0) is 19.5. The number of hydrogen-bond donors (Lipinski definition) is 1. The zero-order valence-electron chi connectivity index (χ0n) is 15.6. The minimum atomic E-state index is -0.146. The number of hydrogen-bond acceptors (Lipinski definition) is 3. The van der Waals surface area contributed by atoms with Crippen molar-refractivity contribution in [1.82, 2.24) is 14.8 Å². The molecule has 0 aliphatic heterocycles. The van der Waals surface area contributed by atoms with Gasteiger partial charge in [-0.05, 0) is 36.8 Å². The molecule has 0 radical (unpaired) electrons. The normalized spacial score (nSPS) is 10.4. The summed E-state index contributed by atoms with van der Waals surface area (Å²) in [5.41, 5.74) is 4.98. The van der Waals surface area contributed by atoms with Crippen molar-refractivity contribution >= 4 is 22.5 Å². The minimum absolute atomic E-state index is 0.146. The highest BCUT2D eigenvalue weighted by molar-refractivity contribution is 6.04. The summed E-state index contributed by atoms with van der Waals surface area (Å²) in [6.45, 7) is 2.00. The molecular weight excluding hydrogens is 348 g/mol. The quantitative estimate of drug-likeness (QED) is 0.547. The highest BCUT2D eigenvalue weighted by Crippen LogP contribution is 2.18. The van der Waals surface area contributed by atoms with E-state index in [4.69, 9.17) is 0 Å². The predicted molar refractivity (Wildman–Crippen MR) is 110 cm³/mol. The van der Waals surface area contributed by atoms with Crippen LogP contribution in [0.1, 0.15) is 27.0 Å². The Kier molecular flexibility index (Phi) is 4.61. The van der Waals surface area contributed by atoms with E-state index in [-0.39, 0.29) is 5.91 Å². The number of aromatic nitrogens is 3. The standard InChI is InChI=1S/C23H18N4O/c1-16-8-11-20(26-23(28)17-6-4-3-5-7-17)12-18(16)9-10-19-13-24-15-22-21(19)14-25-27(22)2/h3-8,11-15H,1-2H3,(H,26,28). The first-order chi connectivity index (χ1) is 13.6. The Morgan fingerprint density at radius 1 is 1.00 bits per heavy atom. The Balaban J connectivity index is 1.63. The summed E-state index contributed by atoms with van der Waals surface area (Å²) < 4.78 is 1.78. The summed E-state index contributed by atoms with van der Waals surface area (Å²) in [5, 5.41) is 8.16. The van der Waals surface area contributed by atoms with Crippen LogP contribution >= 0.6 is 0 Å². The van der Waals surface area contributed by atoms with Crippen LogP contribution in [0.15, 0.2) is 67.1 Å². The second kappa shape index (κ2) is 7.37. The van der Waals surface area contributed by atoms with E-state index < -0.39 is 0 Å². The molecule has 0 atom stereocenters. The van der Waals surface area contributed by atoms with Crippen molar-refractivity contribution in [2.24, 2.45) is 7.05 Å². The Bertz CT molecular complexity index is 1230. The van der Waals surface area contributed by atoms with Crippen LogP contribution in [0.5, 0.6) is 0 Å². The molecule has 0 fully saturated rings. The molecule has 4 aromatic rings. The lowest BCUT2D eigenvalue weighted by Crippen LogP contribution is -2.11. The molecule has 1 amide bonds. The molecule has 1 N–H and O–H groups in total. The number of carbonyl (C=O) groups is 1. The Morgan fingerprint density at radius 2 is 1.79 bits per heavy atom. The van der Waals surface area contributed by atoms with Crippen molar-refractivity contribution in [1.29, 1.82) is 0 Å². The average molecular weight is 366 g/mol. The molecule has 5 nitrogen and oxygen atoms in total. The molecule has 0 aliphatic carbocycles. The number of amides is 1. The number of nitrogens with zero attached hydrogens (tertiary/aromatic N) is 3. The van der Waals surface area contributed by atoms with Crippen LogP contribution in [0.2, 0.25) is 0 Å². The number of carbonyl (C=O) groups excluding carboxylic acids is 1. The number of pyridine rings is 1. The SMILES string of the molecule is Cc1ccc(NC(=O)c2ccccc2)cc1C#Cc1cncc2c1cnn2C. The molecule has 0 bridgehead atoms. The summed E-state index contributed by atoms with van der Waals surface area (Å²) in [7, 11) is 1.88. The maximum atomic E-state index is 12.4. The Labute approximate surface area is 163 Å². The molecule has 0 spiro atoms. The molecule has 2 aromatic carbocycles. The molecule has 0 aliphatic rings. The van der Waals surface area contributed by atoms with Crippen molar-refractivity contribution in [3.63, 3.8) is 0 Å². The number of fused-ring (bicyclic) bond motifs is 1. The maximum absolute atomic E-state index is 12.4. The molecule has 28 heavy (non-hydrogen) atoms. The lowest BCUT2D eigenvalue weighted by Gasteiger charge is -2.07. The van der Waals surface area contributed by atoms with Crippen LogP contribution in [0, 0.1) is 18.8 Å². The monoisotopic (exact) mass is 366 g/mol. The lowest BCUT2D eigenvalue weighted by molar-refractivity contribution is 0.102. The molecule has 2 heterocycles. The van der Waals surface area contributed by atoms with Gasteiger partial charge >= 0.3 is 0 Å². The van der Waals surface area contributed by atoms with E-state index in [1.165, 1.54) is 0 Å². The van der Waals surface area contributed by atoms with Crippen molar-refractivity contribution in [2.75, 3.05) is 5.32 Å². The fraction of sp³-hybridized carbons (Fsp3) is 0.0870. The van der Waals surface area contributed by atoms with Gasteiger partial charge in [0.1, 0.15) is 0 Å². The van der Waals surface area contributed by atoms with E-state index >= 15 is 0 Å². The van der Waals surface area contributed by atoms with Gasteiger partial charge in [0.25, 0.3) is 5.91 Å². The summed E-state index contributed by atoms with van der Waals surface area (Å²) in [6, 6.07) is 14.9. The van der Waals surface area contributed by atoms with Crippen LogP contribution in [0.25, 0.3) is 10.9 Å². The van der Waals surface area contributed by atoms with Gasteiger partial charge in [-0.1, -0.05) is 36.1 Å². The van der Waals surface area contributed by atoms with Gasteiger partial charge < -0.3 is 5.32 Å². The summed E-state index contributed by atoms with van der Waals surface area (Å²) in [6.07, 6.45) is 5.32. The van der Waals surface area contributed by atoms with E-state index in [9.17, 15) is 4.79 Å². The largest absolute Gasteiger partial charge is 0.322 e. The smallest absolute Gasteiger partial charge is 0.255 e. The van der Waals surface area contributed by atoms with Crippen LogP contribution in [-0.2, 0) is 7.05 Å². The van der Waals surface area contributed by atoms with Crippen molar-refractivity contribution in [3.8, 4) is 11.8 Å². The highest BCUT2D eigenvalue weighted by Gasteiger charge is 2.07.